The molecule has 0 amide bonds. The molecule has 4 aliphatic rings. The van der Waals surface area contributed by atoms with Crippen molar-refractivity contribution in [2.24, 2.45) is 11.8 Å². The largest absolute Gasteiger partial charge is 0.494 e. The Morgan fingerprint density at radius 2 is 1.77 bits per heavy atom. The third kappa shape index (κ3) is 3.22. The number of para-hydroxylation sites is 1. The number of hydrogen-bond donors (Lipinski definition) is 0. The number of allylic oxidation sites excluding steroid dienone is 3. The fourth-order valence-corrected chi connectivity index (χ4v) is 6.76. The van der Waals surface area contributed by atoms with E-state index in [2.05, 4.69) is 35.0 Å². The van der Waals surface area contributed by atoms with Gasteiger partial charge in [0.05, 0.1) is 38.5 Å². The van der Waals surface area contributed by atoms with E-state index in [-0.39, 0.29) is 17.9 Å². The first kappa shape index (κ1) is 22.2. The molecule has 1 aromatic heterocycles. The molecule has 0 radical (unpaired) electrons. The van der Waals surface area contributed by atoms with Crippen molar-refractivity contribution in [1.82, 2.24) is 4.57 Å². The molecule has 182 valence electrons. The van der Waals surface area contributed by atoms with Crippen LogP contribution in [0, 0.1) is 11.8 Å². The average molecular weight is 474 g/mol. The standard InChI is InChI=1S/C29H31NO5/c1-33-27-20-14-7-11-17(16-9-5-4-6-10-16)25(20)30-15-21-22(24(21)29(32)35-3)18-12-8-13-19(28(31)34-2)23(18)26(27)30/h7-8,11-12,14-16,19,23-24H,4-6,9-10,13H2,1-3H3/t19-,23?,24?/m1/s1. The average Bonchev–Trinajstić information content (AvgIpc) is 3.56. The topological polar surface area (TPSA) is 66.8 Å². The number of carbonyl (C=O) groups is 2. The molecule has 3 aliphatic carbocycles. The second-order valence-electron chi connectivity index (χ2n) is 10.0. The van der Waals surface area contributed by atoms with Crippen molar-refractivity contribution in [3.8, 4) is 5.75 Å². The van der Waals surface area contributed by atoms with Crippen LogP contribution in [0.25, 0.3) is 17.1 Å². The summed E-state index contributed by atoms with van der Waals surface area (Å²) in [5, 5.41) is 1.05. The minimum atomic E-state index is -0.394. The minimum Gasteiger partial charge on any atom is -0.494 e. The zero-order valence-corrected chi connectivity index (χ0v) is 20.5. The fraction of sp³-hybridized carbons (Fsp3) is 0.448. The normalized spacial score (nSPS) is 25.2. The van der Waals surface area contributed by atoms with Crippen LogP contribution in [0.2, 0.25) is 0 Å². The Morgan fingerprint density at radius 1 is 1.00 bits per heavy atom. The Hall–Kier alpha value is -3.28. The number of hydrogen-bond acceptors (Lipinski definition) is 5. The highest BCUT2D eigenvalue weighted by Crippen LogP contribution is 2.59. The Balaban J connectivity index is 1.66. The summed E-state index contributed by atoms with van der Waals surface area (Å²) in [7, 11) is 4.58. The van der Waals surface area contributed by atoms with Crippen LogP contribution in [0.1, 0.15) is 61.6 Å². The van der Waals surface area contributed by atoms with Crippen LogP contribution in [0.5, 0.6) is 5.75 Å². The van der Waals surface area contributed by atoms with Gasteiger partial charge in [0, 0.05) is 17.5 Å². The number of esters is 2. The number of benzene rings is 1. The molecule has 6 rings (SSSR count). The van der Waals surface area contributed by atoms with E-state index >= 15 is 0 Å². The minimum absolute atomic E-state index is 0.248. The maximum atomic E-state index is 13.0. The number of aromatic nitrogens is 1. The number of carbonyl (C=O) groups excluding carboxylic acids is 2. The predicted octanol–water partition coefficient (Wildman–Crippen LogP) is 5.48. The Labute approximate surface area is 205 Å². The number of fused-ring (bicyclic) bond motifs is 6. The van der Waals surface area contributed by atoms with Crippen molar-refractivity contribution in [3.63, 3.8) is 0 Å². The molecule has 1 aromatic carbocycles. The molecule has 0 N–H and O–H groups in total. The number of nitrogens with zero attached hydrogens (tertiary/aromatic N) is 1. The molecule has 2 heterocycles. The van der Waals surface area contributed by atoms with E-state index in [0.29, 0.717) is 12.3 Å². The first-order valence-electron chi connectivity index (χ1n) is 12.6. The maximum Gasteiger partial charge on any atom is 0.317 e. The molecule has 6 heteroatoms. The number of rotatable bonds is 4. The Kier molecular flexibility index (Phi) is 5.35. The lowest BCUT2D eigenvalue weighted by Gasteiger charge is -2.30. The van der Waals surface area contributed by atoms with Crippen molar-refractivity contribution in [2.75, 3.05) is 21.3 Å². The third-order valence-electron chi connectivity index (χ3n) is 8.36. The Bertz CT molecular complexity index is 1320. The van der Waals surface area contributed by atoms with E-state index in [1.54, 1.807) is 7.11 Å². The smallest absolute Gasteiger partial charge is 0.317 e. The highest BCUT2D eigenvalue weighted by atomic mass is 16.5. The molecule has 2 fully saturated rings. The van der Waals surface area contributed by atoms with Crippen LogP contribution in [0.15, 0.2) is 47.1 Å². The lowest BCUT2D eigenvalue weighted by Crippen LogP contribution is -2.28. The summed E-state index contributed by atoms with van der Waals surface area (Å²) in [6.07, 6.45) is 12.9. The second-order valence-corrected chi connectivity index (χ2v) is 10.0. The molecule has 2 aromatic rings. The molecule has 3 atom stereocenters. The molecule has 35 heavy (non-hydrogen) atoms. The fourth-order valence-electron chi connectivity index (χ4n) is 6.76. The van der Waals surface area contributed by atoms with E-state index in [1.807, 2.05) is 6.08 Å². The van der Waals surface area contributed by atoms with E-state index in [0.717, 1.165) is 39.1 Å². The highest BCUT2D eigenvalue weighted by molar-refractivity contribution is 5.99. The van der Waals surface area contributed by atoms with Gasteiger partial charge in [0.25, 0.3) is 0 Å². The van der Waals surface area contributed by atoms with Gasteiger partial charge >= 0.3 is 11.9 Å². The quantitative estimate of drug-likeness (QED) is 0.550. The highest BCUT2D eigenvalue weighted by Gasteiger charge is 2.52. The summed E-state index contributed by atoms with van der Waals surface area (Å²) >= 11 is 0. The van der Waals surface area contributed by atoms with E-state index in [4.69, 9.17) is 14.2 Å². The van der Waals surface area contributed by atoms with Crippen LogP contribution in [-0.4, -0.2) is 37.8 Å². The summed E-state index contributed by atoms with van der Waals surface area (Å²) in [6.45, 7) is 0. The van der Waals surface area contributed by atoms with Gasteiger partial charge in [-0.2, -0.15) is 0 Å². The first-order chi connectivity index (χ1) is 17.1. The maximum absolute atomic E-state index is 13.0. The van der Waals surface area contributed by atoms with Crippen LogP contribution in [0.4, 0.5) is 0 Å². The summed E-state index contributed by atoms with van der Waals surface area (Å²) < 4.78 is 18.7. The van der Waals surface area contributed by atoms with Crippen LogP contribution in [0.3, 0.4) is 0 Å². The molecular formula is C29H31NO5. The lowest BCUT2D eigenvalue weighted by molar-refractivity contribution is -0.146. The summed E-state index contributed by atoms with van der Waals surface area (Å²) in [5.74, 6) is -0.271. The van der Waals surface area contributed by atoms with Gasteiger partial charge in [-0.3, -0.25) is 9.59 Å². The van der Waals surface area contributed by atoms with Crippen LogP contribution in [-0.2, 0) is 19.1 Å². The van der Waals surface area contributed by atoms with E-state index in [9.17, 15) is 9.59 Å². The van der Waals surface area contributed by atoms with Gasteiger partial charge in [0.15, 0.2) is 0 Å². The summed E-state index contributed by atoms with van der Waals surface area (Å²) in [6, 6.07) is 6.48. The Morgan fingerprint density at radius 3 is 2.49 bits per heavy atom. The molecule has 6 nitrogen and oxygen atoms in total. The molecule has 2 saturated carbocycles. The zero-order valence-electron chi connectivity index (χ0n) is 20.5. The van der Waals surface area contributed by atoms with Gasteiger partial charge in [-0.05, 0) is 53.5 Å². The molecule has 1 aliphatic heterocycles. The van der Waals surface area contributed by atoms with Gasteiger partial charge < -0.3 is 18.8 Å². The third-order valence-corrected chi connectivity index (χ3v) is 8.36. The van der Waals surface area contributed by atoms with Crippen molar-refractivity contribution in [1.29, 1.82) is 0 Å². The molecule has 0 bridgehead atoms. The van der Waals surface area contributed by atoms with Crippen molar-refractivity contribution in [3.05, 3.63) is 58.3 Å². The summed E-state index contributed by atoms with van der Waals surface area (Å²) in [5.41, 5.74) is 6.35. The zero-order chi connectivity index (χ0) is 24.3. The molecule has 2 unspecified atom stereocenters. The van der Waals surface area contributed by atoms with Gasteiger partial charge in [0.2, 0.25) is 0 Å². The predicted molar refractivity (Wildman–Crippen MR) is 133 cm³/mol. The molecule has 0 spiro atoms. The number of ether oxygens (including phenoxy) is 3. The van der Waals surface area contributed by atoms with Crippen LogP contribution >= 0.6 is 0 Å². The SMILES string of the molecule is COC(=O)C1C2=Cn3c(c(OC)c4cccc(C5CCCCC5)c43)C3C(=C21)C=CC[C@H]3C(=O)OC. The van der Waals surface area contributed by atoms with Crippen LogP contribution < -0.4 is 4.74 Å². The molecule has 0 saturated heterocycles. The van der Waals surface area contributed by atoms with Crippen molar-refractivity contribution in [2.45, 2.75) is 50.4 Å². The summed E-state index contributed by atoms with van der Waals surface area (Å²) in [4.78, 5) is 25.7. The second kappa shape index (κ2) is 8.43. The van der Waals surface area contributed by atoms with Gasteiger partial charge in [-0.1, -0.05) is 43.5 Å². The van der Waals surface area contributed by atoms with E-state index in [1.165, 1.54) is 51.9 Å². The lowest BCUT2D eigenvalue weighted by atomic mass is 9.76. The van der Waals surface area contributed by atoms with Gasteiger partial charge in [0.1, 0.15) is 11.7 Å². The molecular weight excluding hydrogens is 442 g/mol. The first-order valence-corrected chi connectivity index (χ1v) is 12.6. The van der Waals surface area contributed by atoms with E-state index < -0.39 is 11.8 Å². The van der Waals surface area contributed by atoms with Gasteiger partial charge in [-0.15, -0.1) is 0 Å². The van der Waals surface area contributed by atoms with Crippen molar-refractivity contribution >= 4 is 29.0 Å². The number of methoxy groups -OCH3 is 3. The monoisotopic (exact) mass is 473 g/mol. The van der Waals surface area contributed by atoms with Crippen molar-refractivity contribution < 1.29 is 23.8 Å². The van der Waals surface area contributed by atoms with Gasteiger partial charge in [-0.25, -0.2) is 0 Å².